The van der Waals surface area contributed by atoms with Gasteiger partial charge in [0, 0.05) is 15.6 Å². The molecule has 0 saturated heterocycles. The molecular formula is C15H9BrCl2N2O4. The number of nitrogens with zero attached hydrogens (tertiary/aromatic N) is 2. The van der Waals surface area contributed by atoms with Gasteiger partial charge in [-0.25, -0.2) is 0 Å². The molecule has 0 radical (unpaired) electrons. The quantitative estimate of drug-likeness (QED) is 0.377. The summed E-state index contributed by atoms with van der Waals surface area (Å²) in [6.45, 7) is 1.69. The van der Waals surface area contributed by atoms with E-state index < -0.39 is 16.8 Å². The van der Waals surface area contributed by atoms with Crippen molar-refractivity contribution in [3.63, 3.8) is 0 Å². The van der Waals surface area contributed by atoms with E-state index in [9.17, 15) is 10.1 Å². The summed E-state index contributed by atoms with van der Waals surface area (Å²) in [5, 5.41) is 12.6. The van der Waals surface area contributed by atoms with E-state index in [0.29, 0.717) is 25.5 Å². The molecule has 2 heterocycles. The zero-order valence-corrected chi connectivity index (χ0v) is 15.2. The summed E-state index contributed by atoms with van der Waals surface area (Å²) in [6.07, 6.45) is 2.11. The normalized spacial score (nSPS) is 12.3. The third-order valence-corrected chi connectivity index (χ3v) is 4.65. The van der Waals surface area contributed by atoms with Gasteiger partial charge >= 0.3 is 5.82 Å². The fourth-order valence-electron chi connectivity index (χ4n) is 2.30. The van der Waals surface area contributed by atoms with E-state index in [1.54, 1.807) is 25.1 Å². The number of fused-ring (bicyclic) bond motifs is 1. The van der Waals surface area contributed by atoms with Crippen LogP contribution >= 0.6 is 39.1 Å². The van der Waals surface area contributed by atoms with Gasteiger partial charge in [-0.3, -0.25) is 0 Å². The van der Waals surface area contributed by atoms with Gasteiger partial charge in [0.05, 0.1) is 9.86 Å². The van der Waals surface area contributed by atoms with Crippen molar-refractivity contribution in [2.24, 2.45) is 0 Å². The average Bonchev–Trinajstić information content (AvgIpc) is 2.89. The summed E-state index contributed by atoms with van der Waals surface area (Å²) < 4.78 is 11.8. The second kappa shape index (κ2) is 6.58. The number of hydrogen-bond donors (Lipinski definition) is 0. The Kier molecular flexibility index (Phi) is 4.67. The van der Waals surface area contributed by atoms with Crippen LogP contribution in [0.3, 0.4) is 0 Å². The Bertz CT molecular complexity index is 924. The number of pyridine rings is 1. The molecule has 9 heteroatoms. The third kappa shape index (κ3) is 2.94. The standard InChI is InChI=1S/C15H9BrCl2N2O4/c1-7(12-10(17)3-2-4-11(12)18)24-14-13-8(9(16)6-23-13)5-19-15(14)20(21)22/h2-7H,1H3. The first kappa shape index (κ1) is 17.0. The molecule has 0 fully saturated rings. The number of ether oxygens (including phenoxy) is 1. The molecule has 0 aliphatic heterocycles. The zero-order chi connectivity index (χ0) is 17.4. The Morgan fingerprint density at radius 3 is 2.67 bits per heavy atom. The van der Waals surface area contributed by atoms with E-state index in [1.165, 1.54) is 12.5 Å². The molecule has 0 aliphatic rings. The molecule has 0 amide bonds. The van der Waals surface area contributed by atoms with Crippen molar-refractivity contribution in [3.05, 3.63) is 60.9 Å². The molecule has 0 N–H and O–H groups in total. The van der Waals surface area contributed by atoms with E-state index in [4.69, 9.17) is 32.4 Å². The first-order valence-electron chi connectivity index (χ1n) is 6.70. The number of benzene rings is 1. The largest absolute Gasteiger partial charge is 0.475 e. The Morgan fingerprint density at radius 2 is 2.04 bits per heavy atom. The molecule has 1 unspecified atom stereocenters. The lowest BCUT2D eigenvalue weighted by atomic mass is 10.1. The van der Waals surface area contributed by atoms with Crippen LogP contribution in [0.1, 0.15) is 18.6 Å². The minimum absolute atomic E-state index is 0.0771. The average molecular weight is 432 g/mol. The van der Waals surface area contributed by atoms with Gasteiger partial charge in [0.15, 0.2) is 11.8 Å². The minimum Gasteiger partial charge on any atom is -0.475 e. The molecule has 3 rings (SSSR count). The maximum Gasteiger partial charge on any atom is 0.410 e. The Hall–Kier alpha value is -1.83. The lowest BCUT2D eigenvalue weighted by molar-refractivity contribution is -0.390. The predicted molar refractivity (Wildman–Crippen MR) is 93.9 cm³/mol. The van der Waals surface area contributed by atoms with Crippen molar-refractivity contribution in [2.45, 2.75) is 13.0 Å². The molecular weight excluding hydrogens is 423 g/mol. The molecule has 6 nitrogen and oxygen atoms in total. The van der Waals surface area contributed by atoms with Crippen molar-refractivity contribution in [1.82, 2.24) is 4.98 Å². The van der Waals surface area contributed by atoms with E-state index in [0.717, 1.165) is 0 Å². The highest BCUT2D eigenvalue weighted by molar-refractivity contribution is 9.10. The first-order chi connectivity index (χ1) is 11.4. The molecule has 124 valence electrons. The highest BCUT2D eigenvalue weighted by atomic mass is 79.9. The maximum atomic E-state index is 11.3. The van der Waals surface area contributed by atoms with Crippen LogP contribution in [-0.4, -0.2) is 9.91 Å². The second-order valence-electron chi connectivity index (χ2n) is 4.89. The summed E-state index contributed by atoms with van der Waals surface area (Å²) in [4.78, 5) is 14.5. The summed E-state index contributed by atoms with van der Waals surface area (Å²) in [7, 11) is 0. The van der Waals surface area contributed by atoms with Gasteiger partial charge in [0.1, 0.15) is 12.4 Å². The van der Waals surface area contributed by atoms with Crippen LogP contribution in [0.15, 0.2) is 39.5 Å². The molecule has 24 heavy (non-hydrogen) atoms. The highest BCUT2D eigenvalue weighted by Crippen LogP contribution is 2.41. The SMILES string of the molecule is CC(Oc1c([N+](=O)[O-])ncc2c(Br)coc12)c1c(Cl)cccc1Cl. The van der Waals surface area contributed by atoms with E-state index >= 15 is 0 Å². The maximum absolute atomic E-state index is 11.3. The first-order valence-corrected chi connectivity index (χ1v) is 8.25. The van der Waals surface area contributed by atoms with Gasteiger partial charge in [-0.15, -0.1) is 0 Å². The molecule has 1 atom stereocenters. The summed E-state index contributed by atoms with van der Waals surface area (Å²) in [6, 6.07) is 5.04. The van der Waals surface area contributed by atoms with E-state index in [2.05, 4.69) is 20.9 Å². The number of furan rings is 1. The van der Waals surface area contributed by atoms with Crippen LogP contribution in [0.25, 0.3) is 11.0 Å². The van der Waals surface area contributed by atoms with Gasteiger partial charge in [-0.05, 0) is 44.9 Å². The third-order valence-electron chi connectivity index (χ3n) is 3.38. The summed E-state index contributed by atoms with van der Waals surface area (Å²) in [5.41, 5.74) is 0.747. The van der Waals surface area contributed by atoms with Crippen LogP contribution in [0.2, 0.25) is 10.0 Å². The molecule has 2 aromatic heterocycles. The van der Waals surface area contributed by atoms with Gasteiger partial charge in [0.2, 0.25) is 0 Å². The molecule has 3 aromatic rings. The van der Waals surface area contributed by atoms with Gasteiger partial charge in [-0.1, -0.05) is 29.3 Å². The topological polar surface area (TPSA) is 78.4 Å². The summed E-state index contributed by atoms with van der Waals surface area (Å²) in [5.74, 6) is -0.522. The fourth-order valence-corrected chi connectivity index (χ4v) is 3.38. The fraction of sp³-hybridized carbons (Fsp3) is 0.133. The Balaban J connectivity index is 2.12. The molecule has 0 aliphatic carbocycles. The monoisotopic (exact) mass is 430 g/mol. The lowest BCUT2D eigenvalue weighted by Crippen LogP contribution is -2.07. The van der Waals surface area contributed by atoms with Crippen LogP contribution in [0.5, 0.6) is 5.75 Å². The molecule has 1 aromatic carbocycles. The number of rotatable bonds is 4. The predicted octanol–water partition coefficient (Wildman–Crippen LogP) is 5.95. The van der Waals surface area contributed by atoms with Crippen LogP contribution in [0, 0.1) is 10.1 Å². The number of hydrogen-bond acceptors (Lipinski definition) is 5. The van der Waals surface area contributed by atoms with Crippen molar-refractivity contribution >= 4 is 55.9 Å². The second-order valence-corrected chi connectivity index (χ2v) is 6.56. The van der Waals surface area contributed by atoms with E-state index in [1.807, 2.05) is 0 Å². The number of halogens is 3. The van der Waals surface area contributed by atoms with Gasteiger partial charge in [0.25, 0.3) is 5.75 Å². The lowest BCUT2D eigenvalue weighted by Gasteiger charge is -2.17. The number of aromatic nitrogens is 1. The minimum atomic E-state index is -0.652. The smallest absolute Gasteiger partial charge is 0.410 e. The highest BCUT2D eigenvalue weighted by Gasteiger charge is 2.27. The van der Waals surface area contributed by atoms with Crippen molar-refractivity contribution < 1.29 is 14.1 Å². The number of nitro groups is 1. The Morgan fingerprint density at radius 1 is 1.38 bits per heavy atom. The zero-order valence-electron chi connectivity index (χ0n) is 12.1. The molecule has 0 spiro atoms. The molecule has 0 bridgehead atoms. The van der Waals surface area contributed by atoms with E-state index in [-0.39, 0.29) is 11.3 Å². The Labute approximate surface area is 154 Å². The van der Waals surface area contributed by atoms with Crippen molar-refractivity contribution in [2.75, 3.05) is 0 Å². The van der Waals surface area contributed by atoms with Crippen LogP contribution in [-0.2, 0) is 0 Å². The van der Waals surface area contributed by atoms with Gasteiger partial charge in [-0.2, -0.15) is 0 Å². The summed E-state index contributed by atoms with van der Waals surface area (Å²) >= 11 is 15.6. The van der Waals surface area contributed by atoms with Crippen LogP contribution in [0.4, 0.5) is 5.82 Å². The van der Waals surface area contributed by atoms with Gasteiger partial charge < -0.3 is 19.3 Å². The molecule has 0 saturated carbocycles. The van der Waals surface area contributed by atoms with Crippen LogP contribution < -0.4 is 4.74 Å². The van der Waals surface area contributed by atoms with Crippen molar-refractivity contribution in [1.29, 1.82) is 0 Å². The van der Waals surface area contributed by atoms with Crippen molar-refractivity contribution in [3.8, 4) is 5.75 Å².